The molecular weight excluding hydrogens is 326 g/mol. The van der Waals surface area contributed by atoms with Gasteiger partial charge in [0.25, 0.3) is 0 Å². The number of nitriles is 1. The van der Waals surface area contributed by atoms with E-state index in [2.05, 4.69) is 0 Å². The van der Waals surface area contributed by atoms with Gasteiger partial charge in [-0.15, -0.1) is 0 Å². The molecule has 0 saturated heterocycles. The number of rotatable bonds is 7. The lowest BCUT2D eigenvalue weighted by Crippen LogP contribution is -2.07. The molecule has 0 aliphatic carbocycles. The van der Waals surface area contributed by atoms with Gasteiger partial charge in [0.1, 0.15) is 11.6 Å². The summed E-state index contributed by atoms with van der Waals surface area (Å²) in [5, 5.41) is 9.34. The van der Waals surface area contributed by atoms with Crippen LogP contribution in [0.1, 0.15) is 31.4 Å². The number of carbonyl (C=O) groups is 1. The minimum absolute atomic E-state index is 0.0454. The Bertz CT molecular complexity index is 732. The Balaban J connectivity index is 2.74. The number of ether oxygens (including phenoxy) is 5. The van der Waals surface area contributed by atoms with Crippen LogP contribution in [0.5, 0.6) is 23.0 Å². The molecule has 0 saturated carbocycles. The fourth-order valence-corrected chi connectivity index (χ4v) is 2.69. The highest BCUT2D eigenvalue weighted by atomic mass is 16.7. The van der Waals surface area contributed by atoms with Gasteiger partial charge in [0.2, 0.25) is 18.3 Å². The molecule has 25 heavy (non-hydrogen) atoms. The van der Waals surface area contributed by atoms with Gasteiger partial charge in [-0.3, -0.25) is 0 Å². The Kier molecular flexibility index (Phi) is 6.12. The Hall–Kier alpha value is -2.88. The van der Waals surface area contributed by atoms with Crippen molar-refractivity contribution in [3.05, 3.63) is 16.7 Å². The number of esters is 1. The van der Waals surface area contributed by atoms with Crippen LogP contribution < -0.4 is 18.9 Å². The molecule has 0 N–H and O–H groups in total. The number of nitrogens with zero attached hydrogens (tertiary/aromatic N) is 1. The minimum Gasteiger partial charge on any atom is -0.492 e. The highest BCUT2D eigenvalue weighted by Crippen LogP contribution is 2.53. The van der Waals surface area contributed by atoms with E-state index in [4.69, 9.17) is 23.7 Å². The van der Waals surface area contributed by atoms with Crippen molar-refractivity contribution in [2.24, 2.45) is 0 Å². The summed E-state index contributed by atoms with van der Waals surface area (Å²) in [6.45, 7) is 3.92. The van der Waals surface area contributed by atoms with Crippen molar-refractivity contribution >= 4 is 12.0 Å². The zero-order valence-electron chi connectivity index (χ0n) is 14.8. The maximum Gasteiger partial charge on any atom is 0.348 e. The van der Waals surface area contributed by atoms with Gasteiger partial charge >= 0.3 is 5.97 Å². The Morgan fingerprint density at radius 2 is 1.84 bits per heavy atom. The average Bonchev–Trinajstić information content (AvgIpc) is 3.08. The van der Waals surface area contributed by atoms with Crippen LogP contribution in [-0.4, -0.2) is 33.6 Å². The van der Waals surface area contributed by atoms with E-state index in [-0.39, 0.29) is 19.0 Å². The highest BCUT2D eigenvalue weighted by molar-refractivity contribution is 5.99. The third-order valence-electron chi connectivity index (χ3n) is 3.68. The molecule has 134 valence electrons. The normalized spacial score (nSPS) is 12.5. The molecular formula is C18H21NO6. The van der Waals surface area contributed by atoms with Gasteiger partial charge in [0.15, 0.2) is 11.5 Å². The van der Waals surface area contributed by atoms with E-state index < -0.39 is 5.97 Å². The average molecular weight is 347 g/mol. The summed E-state index contributed by atoms with van der Waals surface area (Å²) < 4.78 is 27.0. The van der Waals surface area contributed by atoms with E-state index >= 15 is 0 Å². The molecule has 1 aliphatic heterocycles. The summed E-state index contributed by atoms with van der Waals surface area (Å²) in [5.41, 5.74) is 1.21. The van der Waals surface area contributed by atoms with Crippen molar-refractivity contribution in [1.82, 2.24) is 0 Å². The second-order valence-corrected chi connectivity index (χ2v) is 5.16. The third kappa shape index (κ3) is 3.48. The zero-order chi connectivity index (χ0) is 18.4. The lowest BCUT2D eigenvalue weighted by molar-refractivity contribution is -0.137. The molecule has 7 heteroatoms. The van der Waals surface area contributed by atoms with Crippen molar-refractivity contribution in [3.8, 4) is 29.1 Å². The quantitative estimate of drug-likeness (QED) is 0.426. The molecule has 7 nitrogen and oxygen atoms in total. The number of hydrogen-bond acceptors (Lipinski definition) is 7. The Morgan fingerprint density at radius 1 is 1.20 bits per heavy atom. The van der Waals surface area contributed by atoms with Crippen LogP contribution >= 0.6 is 0 Å². The number of hydrogen-bond donors (Lipinski definition) is 0. The first-order chi connectivity index (χ1) is 12.1. The number of fused-ring (bicyclic) bond motifs is 1. The van der Waals surface area contributed by atoms with Crippen molar-refractivity contribution in [2.75, 3.05) is 27.6 Å². The predicted molar refractivity (Wildman–Crippen MR) is 89.9 cm³/mol. The predicted octanol–water partition coefficient (Wildman–Crippen LogP) is 2.86. The summed E-state index contributed by atoms with van der Waals surface area (Å²) in [6.07, 6.45) is 2.91. The molecule has 0 amide bonds. The Labute approximate surface area is 146 Å². The summed E-state index contributed by atoms with van der Waals surface area (Å²) >= 11 is 0. The van der Waals surface area contributed by atoms with E-state index in [1.54, 1.807) is 6.92 Å². The fourth-order valence-electron chi connectivity index (χ4n) is 2.69. The van der Waals surface area contributed by atoms with E-state index in [0.717, 1.165) is 12.0 Å². The van der Waals surface area contributed by atoms with Crippen LogP contribution in [0.25, 0.3) is 6.08 Å². The van der Waals surface area contributed by atoms with E-state index in [1.165, 1.54) is 20.3 Å². The second-order valence-electron chi connectivity index (χ2n) is 5.16. The second kappa shape index (κ2) is 8.29. The number of methoxy groups -OCH3 is 2. The molecule has 1 aromatic rings. The fraction of sp³-hybridized carbons (Fsp3) is 0.444. The van der Waals surface area contributed by atoms with Gasteiger partial charge in [0.05, 0.1) is 20.8 Å². The van der Waals surface area contributed by atoms with Crippen LogP contribution in [-0.2, 0) is 16.0 Å². The standard InChI is InChI=1S/C18H21NO6/c1-5-7-12-13(8-11(9-19)18(20)23-6-2)15(22-4)17-16(14(12)21-3)24-10-25-17/h8H,5-7,10H2,1-4H3. The Morgan fingerprint density at radius 3 is 2.36 bits per heavy atom. The zero-order valence-corrected chi connectivity index (χ0v) is 14.8. The van der Waals surface area contributed by atoms with E-state index in [9.17, 15) is 10.1 Å². The monoisotopic (exact) mass is 347 g/mol. The molecule has 1 aromatic carbocycles. The molecule has 0 bridgehead atoms. The molecule has 0 atom stereocenters. The SMILES string of the molecule is CCCc1c(C=C(C#N)C(=O)OCC)c(OC)c2c(c1OC)OCO2. The van der Waals surface area contributed by atoms with Crippen molar-refractivity contribution < 1.29 is 28.5 Å². The summed E-state index contributed by atoms with van der Waals surface area (Å²) in [6, 6.07) is 1.88. The maximum absolute atomic E-state index is 12.0. The molecule has 0 radical (unpaired) electrons. The van der Waals surface area contributed by atoms with Gasteiger partial charge in [-0.05, 0) is 19.4 Å². The summed E-state index contributed by atoms with van der Waals surface area (Å²) in [5.74, 6) is 1.09. The first-order valence-corrected chi connectivity index (χ1v) is 7.98. The molecule has 1 aliphatic rings. The largest absolute Gasteiger partial charge is 0.492 e. The summed E-state index contributed by atoms with van der Waals surface area (Å²) in [7, 11) is 3.03. The van der Waals surface area contributed by atoms with Gasteiger partial charge in [-0.1, -0.05) is 13.3 Å². The smallest absolute Gasteiger partial charge is 0.348 e. The number of carbonyl (C=O) groups excluding carboxylic acids is 1. The molecule has 1 heterocycles. The maximum atomic E-state index is 12.0. The van der Waals surface area contributed by atoms with Gasteiger partial charge in [-0.25, -0.2) is 4.79 Å². The minimum atomic E-state index is -0.689. The van der Waals surface area contributed by atoms with Crippen molar-refractivity contribution in [2.45, 2.75) is 26.7 Å². The molecule has 2 rings (SSSR count). The van der Waals surface area contributed by atoms with Crippen LogP contribution in [0.4, 0.5) is 0 Å². The van der Waals surface area contributed by atoms with E-state index in [1.807, 2.05) is 13.0 Å². The van der Waals surface area contributed by atoms with Gasteiger partial charge < -0.3 is 23.7 Å². The summed E-state index contributed by atoms with van der Waals surface area (Å²) in [4.78, 5) is 12.0. The lowest BCUT2D eigenvalue weighted by Gasteiger charge is -2.18. The third-order valence-corrected chi connectivity index (χ3v) is 3.68. The van der Waals surface area contributed by atoms with Crippen LogP contribution in [0, 0.1) is 11.3 Å². The number of benzene rings is 1. The van der Waals surface area contributed by atoms with Crippen LogP contribution in [0.2, 0.25) is 0 Å². The molecule has 0 spiro atoms. The topological polar surface area (TPSA) is 87.0 Å². The van der Waals surface area contributed by atoms with Crippen LogP contribution in [0.15, 0.2) is 5.57 Å². The first-order valence-electron chi connectivity index (χ1n) is 7.98. The van der Waals surface area contributed by atoms with E-state index in [0.29, 0.717) is 35.0 Å². The molecule has 0 unspecified atom stereocenters. The van der Waals surface area contributed by atoms with Crippen molar-refractivity contribution in [3.63, 3.8) is 0 Å². The highest BCUT2D eigenvalue weighted by Gasteiger charge is 2.31. The lowest BCUT2D eigenvalue weighted by atomic mass is 9.97. The molecule has 0 aromatic heterocycles. The van der Waals surface area contributed by atoms with Crippen LogP contribution in [0.3, 0.4) is 0 Å². The molecule has 0 fully saturated rings. The first kappa shape index (κ1) is 18.5. The van der Waals surface area contributed by atoms with Gasteiger partial charge in [-0.2, -0.15) is 5.26 Å². The van der Waals surface area contributed by atoms with Gasteiger partial charge in [0, 0.05) is 11.1 Å². The van der Waals surface area contributed by atoms with Crippen molar-refractivity contribution in [1.29, 1.82) is 5.26 Å².